The maximum atomic E-state index is 12.6. The molecule has 11 heteroatoms. The third-order valence-electron chi connectivity index (χ3n) is 1.37. The number of alkyl halides is 5. The Morgan fingerprint density at radius 3 is 1.76 bits per heavy atom. The Balaban J connectivity index is 5.18. The Morgan fingerprint density at radius 2 is 1.53 bits per heavy atom. The Morgan fingerprint density at radius 1 is 1.18 bits per heavy atom. The molecule has 0 heterocycles. The summed E-state index contributed by atoms with van der Waals surface area (Å²) >= 11 is 0. The zero-order valence-corrected chi connectivity index (χ0v) is 9.97. The summed E-state index contributed by atoms with van der Waals surface area (Å²) in [4.78, 5) is 8.91. The zero-order valence-electron chi connectivity index (χ0n) is 9.07. The molecular weight excluding hydrogens is 276 g/mol. The number of halogens is 5. The molecule has 2 unspecified atom stereocenters. The molecule has 0 aliphatic carbocycles. The van der Waals surface area contributed by atoms with Gasteiger partial charge in [-0.3, -0.25) is 4.57 Å². The summed E-state index contributed by atoms with van der Waals surface area (Å²) in [6.45, 7) is 0. The lowest BCUT2D eigenvalue weighted by Crippen LogP contribution is -2.48. The van der Waals surface area contributed by atoms with E-state index >= 15 is 0 Å². The Kier molecular flexibility index (Phi) is 4.36. The van der Waals surface area contributed by atoms with Gasteiger partial charge in [-0.1, -0.05) is 0 Å². The van der Waals surface area contributed by atoms with Gasteiger partial charge in [0.2, 0.25) is 5.85 Å². The van der Waals surface area contributed by atoms with Gasteiger partial charge in [-0.05, 0) is 0 Å². The number of nitrogens with zero attached hydrogens (tertiary/aromatic N) is 1. The van der Waals surface area contributed by atoms with Crippen molar-refractivity contribution in [3.05, 3.63) is 0 Å². The largest absolute Gasteiger partial charge is 0.456 e. The molecule has 0 aromatic rings. The fraction of sp³-hybridized carbons (Fsp3) is 1.00. The zero-order chi connectivity index (χ0) is 14.3. The second-order valence-electron chi connectivity index (χ2n) is 4.03. The molecule has 0 radical (unpaired) electrons. The molecule has 0 spiro atoms. The standard InChI is InChI=1S/C6H11F5NO4P/c1-12(2,3)16-17(14,15)4(13)5(7,8)6(9,10)11/h4,13H,1-3H3/p+1. The summed E-state index contributed by atoms with van der Waals surface area (Å²) in [6, 6.07) is 0. The molecule has 0 saturated heterocycles. The predicted octanol–water partition coefficient (Wildman–Crippen LogP) is 1.33. The summed E-state index contributed by atoms with van der Waals surface area (Å²) in [5.41, 5.74) is 0. The molecule has 0 aliphatic heterocycles. The normalized spacial score (nSPS) is 19.9. The van der Waals surface area contributed by atoms with Crippen molar-refractivity contribution in [3.8, 4) is 0 Å². The Labute approximate surface area is 93.5 Å². The van der Waals surface area contributed by atoms with E-state index in [1.54, 1.807) is 0 Å². The number of hydrogen-bond acceptors (Lipinski definition) is 3. The molecule has 5 nitrogen and oxygen atoms in total. The molecule has 0 rings (SSSR count). The van der Waals surface area contributed by atoms with Gasteiger partial charge >= 0.3 is 19.7 Å². The molecule has 104 valence electrons. The van der Waals surface area contributed by atoms with E-state index in [1.807, 2.05) is 0 Å². The van der Waals surface area contributed by atoms with Crippen molar-refractivity contribution in [1.29, 1.82) is 0 Å². The van der Waals surface area contributed by atoms with Gasteiger partial charge in [0.15, 0.2) is 0 Å². The fourth-order valence-corrected chi connectivity index (χ4v) is 2.09. The van der Waals surface area contributed by atoms with E-state index in [1.165, 1.54) is 0 Å². The van der Waals surface area contributed by atoms with Crippen LogP contribution in [0.5, 0.6) is 0 Å². The van der Waals surface area contributed by atoms with E-state index in [0.717, 1.165) is 21.1 Å². The van der Waals surface area contributed by atoms with Crippen molar-refractivity contribution >= 4 is 7.60 Å². The van der Waals surface area contributed by atoms with Gasteiger partial charge in [0.25, 0.3) is 0 Å². The van der Waals surface area contributed by atoms with Crippen LogP contribution in [0.15, 0.2) is 0 Å². The van der Waals surface area contributed by atoms with Crippen LogP contribution in [0.4, 0.5) is 22.0 Å². The molecule has 0 saturated carbocycles. The van der Waals surface area contributed by atoms with Crippen LogP contribution < -0.4 is 0 Å². The number of aliphatic hydroxyl groups is 1. The van der Waals surface area contributed by atoms with Crippen LogP contribution in [0.3, 0.4) is 0 Å². The quantitative estimate of drug-likeness (QED) is 0.354. The average Bonchev–Trinajstić information content (AvgIpc) is 1.95. The number of rotatable bonds is 4. The van der Waals surface area contributed by atoms with Gasteiger partial charge < -0.3 is 10.00 Å². The van der Waals surface area contributed by atoms with Crippen molar-refractivity contribution in [1.82, 2.24) is 0 Å². The summed E-state index contributed by atoms with van der Waals surface area (Å²) in [5.74, 6) is -9.63. The van der Waals surface area contributed by atoms with E-state index < -0.39 is 30.2 Å². The summed E-state index contributed by atoms with van der Waals surface area (Å²) in [7, 11) is -2.27. The van der Waals surface area contributed by atoms with Crippen molar-refractivity contribution < 1.29 is 45.8 Å². The minimum Gasteiger partial charge on any atom is -0.375 e. The van der Waals surface area contributed by atoms with E-state index in [0.29, 0.717) is 0 Å². The maximum absolute atomic E-state index is 12.6. The van der Waals surface area contributed by atoms with Crippen molar-refractivity contribution in [3.63, 3.8) is 0 Å². The van der Waals surface area contributed by atoms with Crippen LogP contribution in [0.25, 0.3) is 0 Å². The lowest BCUT2D eigenvalue weighted by atomic mass is 10.3. The third kappa shape index (κ3) is 4.14. The number of aliphatic hydroxyl groups excluding tert-OH is 1. The SMILES string of the molecule is C[N+](C)(C)OP(=O)(O)C(O)C(F)(F)C(F)(F)F. The summed E-state index contributed by atoms with van der Waals surface area (Å²) in [6.07, 6.45) is -6.15. The topological polar surface area (TPSA) is 66.8 Å². The molecule has 0 aromatic carbocycles. The molecular formula is C6H12F5NO4P+. The molecule has 0 amide bonds. The fourth-order valence-electron chi connectivity index (χ4n) is 0.747. The molecule has 2 atom stereocenters. The van der Waals surface area contributed by atoms with Crippen molar-refractivity contribution in [2.45, 2.75) is 17.9 Å². The minimum absolute atomic E-state index is 0.835. The van der Waals surface area contributed by atoms with Crippen LogP contribution in [0, 0.1) is 0 Å². The molecule has 0 aromatic heterocycles. The van der Waals surface area contributed by atoms with E-state index in [9.17, 15) is 26.5 Å². The minimum atomic E-state index is -6.15. The van der Waals surface area contributed by atoms with Gasteiger partial charge in [-0.15, -0.1) is 4.62 Å². The lowest BCUT2D eigenvalue weighted by molar-refractivity contribution is -1.04. The molecule has 0 fully saturated rings. The second-order valence-corrected chi connectivity index (χ2v) is 5.81. The second kappa shape index (κ2) is 4.43. The van der Waals surface area contributed by atoms with Crippen molar-refractivity contribution in [2.75, 3.05) is 21.1 Å². The van der Waals surface area contributed by atoms with Gasteiger partial charge in [-0.25, -0.2) is 0 Å². The average molecular weight is 288 g/mol. The lowest BCUT2D eigenvalue weighted by Gasteiger charge is -2.30. The van der Waals surface area contributed by atoms with Gasteiger partial charge in [0.1, 0.15) is 0 Å². The molecule has 17 heavy (non-hydrogen) atoms. The van der Waals surface area contributed by atoms with Gasteiger partial charge in [0, 0.05) is 0 Å². The van der Waals surface area contributed by atoms with Gasteiger partial charge in [0.05, 0.1) is 21.1 Å². The molecule has 2 N–H and O–H groups in total. The summed E-state index contributed by atoms with van der Waals surface area (Å²) < 4.78 is 75.1. The Hall–Kier alpha value is -0.280. The molecule has 0 aliphatic rings. The van der Waals surface area contributed by atoms with Gasteiger partial charge in [-0.2, -0.15) is 26.6 Å². The first-order chi connectivity index (χ1) is 7.11. The van der Waals surface area contributed by atoms with Crippen LogP contribution >= 0.6 is 7.60 Å². The highest BCUT2D eigenvalue weighted by molar-refractivity contribution is 7.53. The number of hydroxylamine groups is 3. The number of quaternary nitrogens is 1. The third-order valence-corrected chi connectivity index (χ3v) is 3.04. The van der Waals surface area contributed by atoms with E-state index in [2.05, 4.69) is 4.62 Å². The van der Waals surface area contributed by atoms with Crippen LogP contribution in [0.1, 0.15) is 0 Å². The van der Waals surface area contributed by atoms with Crippen LogP contribution in [0.2, 0.25) is 0 Å². The summed E-state index contributed by atoms with van der Waals surface area (Å²) in [5, 5.41) is 8.69. The Bertz CT molecular complexity index is 325. The monoisotopic (exact) mass is 288 g/mol. The smallest absolute Gasteiger partial charge is 0.375 e. The first kappa shape index (κ1) is 16.7. The number of hydrogen-bond donors (Lipinski definition) is 2. The van der Waals surface area contributed by atoms with Crippen LogP contribution in [-0.4, -0.2) is 53.7 Å². The maximum Gasteiger partial charge on any atom is 0.456 e. The highest BCUT2D eigenvalue weighted by atomic mass is 31.2. The van der Waals surface area contributed by atoms with Crippen LogP contribution in [-0.2, 0) is 9.19 Å². The highest BCUT2D eigenvalue weighted by Crippen LogP contribution is 2.56. The molecule has 0 bridgehead atoms. The van der Waals surface area contributed by atoms with Crippen molar-refractivity contribution in [2.24, 2.45) is 0 Å². The highest BCUT2D eigenvalue weighted by Gasteiger charge is 2.68. The predicted molar refractivity (Wildman–Crippen MR) is 46.0 cm³/mol. The van der Waals surface area contributed by atoms with E-state index in [-0.39, 0.29) is 0 Å². The first-order valence-electron chi connectivity index (χ1n) is 4.09. The first-order valence-corrected chi connectivity index (χ1v) is 5.74. The van der Waals surface area contributed by atoms with E-state index in [4.69, 9.17) is 10.00 Å².